The van der Waals surface area contributed by atoms with Crippen molar-refractivity contribution in [1.82, 2.24) is 4.72 Å². The first-order chi connectivity index (χ1) is 9.74. The van der Waals surface area contributed by atoms with E-state index in [1.165, 1.54) is 12.1 Å². The lowest BCUT2D eigenvalue weighted by atomic mass is 10.2. The minimum atomic E-state index is -4.11. The maximum atomic E-state index is 11.9. The van der Waals surface area contributed by atoms with Crippen molar-refractivity contribution in [3.8, 4) is 0 Å². The van der Waals surface area contributed by atoms with Crippen LogP contribution < -0.4 is 10.0 Å². The summed E-state index contributed by atoms with van der Waals surface area (Å²) < 4.78 is 61.6. The molecular formula is C13H19F3N2O2S. The van der Waals surface area contributed by atoms with E-state index in [2.05, 4.69) is 10.0 Å². The molecule has 0 amide bonds. The number of nitrogens with one attached hydrogen (secondary N) is 2. The van der Waals surface area contributed by atoms with Gasteiger partial charge in [0.05, 0.1) is 4.90 Å². The molecule has 0 aliphatic heterocycles. The molecule has 0 fully saturated rings. The van der Waals surface area contributed by atoms with Gasteiger partial charge in [-0.05, 0) is 37.1 Å². The maximum absolute atomic E-state index is 11.9. The summed E-state index contributed by atoms with van der Waals surface area (Å²) in [6, 6.07) is 6.09. The lowest BCUT2D eigenvalue weighted by Gasteiger charge is -2.09. The lowest BCUT2D eigenvalue weighted by Crippen LogP contribution is -2.23. The molecule has 21 heavy (non-hydrogen) atoms. The molecule has 0 saturated heterocycles. The Kier molecular flexibility index (Phi) is 6.47. The number of rotatable bonds is 8. The van der Waals surface area contributed by atoms with Crippen LogP contribution >= 0.6 is 0 Å². The van der Waals surface area contributed by atoms with Gasteiger partial charge < -0.3 is 5.32 Å². The summed E-state index contributed by atoms with van der Waals surface area (Å²) in [5.41, 5.74) is 0.678. The number of benzene rings is 1. The highest BCUT2D eigenvalue weighted by Gasteiger charge is 2.25. The normalized spacial score (nSPS) is 12.4. The molecule has 0 atom stereocenters. The average Bonchev–Trinajstić information content (AvgIpc) is 2.37. The van der Waals surface area contributed by atoms with Crippen LogP contribution in [0.2, 0.25) is 0 Å². The molecule has 1 rings (SSSR count). The van der Waals surface area contributed by atoms with Crippen molar-refractivity contribution >= 4 is 15.7 Å². The number of halogens is 3. The van der Waals surface area contributed by atoms with Gasteiger partial charge in [-0.2, -0.15) is 13.2 Å². The van der Waals surface area contributed by atoms with Crippen molar-refractivity contribution < 1.29 is 21.6 Å². The van der Waals surface area contributed by atoms with Crippen molar-refractivity contribution in [3.05, 3.63) is 24.3 Å². The van der Waals surface area contributed by atoms with Crippen molar-refractivity contribution in [2.24, 2.45) is 0 Å². The molecule has 120 valence electrons. The molecule has 8 heteroatoms. The van der Waals surface area contributed by atoms with Gasteiger partial charge in [0.2, 0.25) is 10.0 Å². The van der Waals surface area contributed by atoms with Crippen LogP contribution in [0.5, 0.6) is 0 Å². The topological polar surface area (TPSA) is 58.2 Å². The van der Waals surface area contributed by atoms with Gasteiger partial charge in [0, 0.05) is 25.2 Å². The summed E-state index contributed by atoms with van der Waals surface area (Å²) in [5.74, 6) is 0. The summed E-state index contributed by atoms with van der Waals surface area (Å²) >= 11 is 0. The Hall–Kier alpha value is -1.28. The van der Waals surface area contributed by atoms with Crippen LogP contribution in [0.3, 0.4) is 0 Å². The van der Waals surface area contributed by atoms with E-state index in [0.29, 0.717) is 25.2 Å². The zero-order chi connectivity index (χ0) is 15.9. The van der Waals surface area contributed by atoms with E-state index in [-0.39, 0.29) is 11.3 Å². The maximum Gasteiger partial charge on any atom is 0.389 e. The predicted octanol–water partition coefficient (Wildman–Crippen LogP) is 3.13. The van der Waals surface area contributed by atoms with E-state index >= 15 is 0 Å². The van der Waals surface area contributed by atoms with Gasteiger partial charge in [-0.3, -0.25) is 0 Å². The van der Waals surface area contributed by atoms with Gasteiger partial charge in [0.25, 0.3) is 0 Å². The van der Waals surface area contributed by atoms with Crippen molar-refractivity contribution in [2.75, 3.05) is 18.4 Å². The van der Waals surface area contributed by atoms with Crippen LogP contribution in [0.25, 0.3) is 0 Å². The first-order valence-electron chi connectivity index (χ1n) is 6.65. The SMILES string of the molecule is CCNS(=O)(=O)c1ccc(NCCCCC(F)(F)F)cc1. The fourth-order valence-electron chi connectivity index (χ4n) is 1.71. The molecule has 4 nitrogen and oxygen atoms in total. The molecule has 0 aliphatic rings. The zero-order valence-electron chi connectivity index (χ0n) is 11.7. The molecule has 1 aromatic carbocycles. The molecular weight excluding hydrogens is 305 g/mol. The molecule has 0 bridgehead atoms. The Morgan fingerprint density at radius 2 is 1.71 bits per heavy atom. The van der Waals surface area contributed by atoms with Gasteiger partial charge in [-0.1, -0.05) is 6.92 Å². The van der Waals surface area contributed by atoms with Crippen LogP contribution in [0, 0.1) is 0 Å². The van der Waals surface area contributed by atoms with E-state index in [0.717, 1.165) is 0 Å². The Bertz CT molecular complexity index is 527. The number of hydrogen-bond acceptors (Lipinski definition) is 3. The monoisotopic (exact) mass is 324 g/mol. The Morgan fingerprint density at radius 1 is 1.10 bits per heavy atom. The molecule has 0 aromatic heterocycles. The van der Waals surface area contributed by atoms with Crippen LogP contribution in [0.1, 0.15) is 26.2 Å². The number of hydrogen-bond donors (Lipinski definition) is 2. The van der Waals surface area contributed by atoms with Crippen LogP contribution in [-0.4, -0.2) is 27.7 Å². The van der Waals surface area contributed by atoms with E-state index < -0.39 is 22.6 Å². The number of unbranched alkanes of at least 4 members (excludes halogenated alkanes) is 1. The van der Waals surface area contributed by atoms with E-state index in [1.54, 1.807) is 19.1 Å². The number of sulfonamides is 1. The minimum absolute atomic E-state index is 0.0728. The predicted molar refractivity (Wildman–Crippen MR) is 75.7 cm³/mol. The second-order valence-electron chi connectivity index (χ2n) is 4.52. The fourth-order valence-corrected chi connectivity index (χ4v) is 2.75. The third kappa shape index (κ3) is 6.81. The van der Waals surface area contributed by atoms with Gasteiger partial charge in [-0.15, -0.1) is 0 Å². The number of anilines is 1. The second-order valence-corrected chi connectivity index (χ2v) is 6.29. The largest absolute Gasteiger partial charge is 0.389 e. The molecule has 0 spiro atoms. The highest BCUT2D eigenvalue weighted by atomic mass is 32.2. The van der Waals surface area contributed by atoms with Crippen molar-refractivity contribution in [3.63, 3.8) is 0 Å². The third-order valence-electron chi connectivity index (χ3n) is 2.72. The Morgan fingerprint density at radius 3 is 2.24 bits per heavy atom. The van der Waals surface area contributed by atoms with Gasteiger partial charge in [0.1, 0.15) is 0 Å². The fraction of sp³-hybridized carbons (Fsp3) is 0.538. The summed E-state index contributed by atoms with van der Waals surface area (Å²) in [6.45, 7) is 2.41. The molecule has 2 N–H and O–H groups in total. The summed E-state index contributed by atoms with van der Waals surface area (Å²) in [5, 5.41) is 2.96. The quantitative estimate of drug-likeness (QED) is 0.722. The van der Waals surface area contributed by atoms with E-state index in [1.807, 2.05) is 0 Å². The van der Waals surface area contributed by atoms with Crippen LogP contribution in [0.4, 0.5) is 18.9 Å². The van der Waals surface area contributed by atoms with Crippen LogP contribution in [0.15, 0.2) is 29.2 Å². The van der Waals surface area contributed by atoms with Gasteiger partial charge >= 0.3 is 6.18 Å². The first kappa shape index (κ1) is 17.8. The summed E-state index contributed by atoms with van der Waals surface area (Å²) in [4.78, 5) is 0.159. The zero-order valence-corrected chi connectivity index (χ0v) is 12.5. The summed E-state index contributed by atoms with van der Waals surface area (Å²) in [6.07, 6.45) is -4.42. The van der Waals surface area contributed by atoms with Gasteiger partial charge in [0.15, 0.2) is 0 Å². The van der Waals surface area contributed by atoms with Crippen LogP contribution in [-0.2, 0) is 10.0 Å². The number of alkyl halides is 3. The smallest absolute Gasteiger partial charge is 0.385 e. The average molecular weight is 324 g/mol. The van der Waals surface area contributed by atoms with E-state index in [9.17, 15) is 21.6 Å². The summed E-state index contributed by atoms with van der Waals surface area (Å²) in [7, 11) is -3.48. The van der Waals surface area contributed by atoms with Gasteiger partial charge in [-0.25, -0.2) is 13.1 Å². The highest BCUT2D eigenvalue weighted by Crippen LogP contribution is 2.22. The molecule has 0 saturated carbocycles. The molecule has 0 radical (unpaired) electrons. The second kappa shape index (κ2) is 7.65. The molecule has 0 heterocycles. The minimum Gasteiger partial charge on any atom is -0.385 e. The molecule has 0 aliphatic carbocycles. The standard InChI is InChI=1S/C13H19F3N2O2S/c1-2-18-21(19,20)12-7-5-11(6-8-12)17-10-4-3-9-13(14,15)16/h5-8,17-18H,2-4,9-10H2,1H3. The Balaban J connectivity index is 2.42. The third-order valence-corrected chi connectivity index (χ3v) is 4.28. The van der Waals surface area contributed by atoms with Crippen molar-refractivity contribution in [1.29, 1.82) is 0 Å². The first-order valence-corrected chi connectivity index (χ1v) is 8.13. The Labute approximate surface area is 122 Å². The molecule has 0 unspecified atom stereocenters. The molecule has 1 aromatic rings. The highest BCUT2D eigenvalue weighted by molar-refractivity contribution is 7.89. The lowest BCUT2D eigenvalue weighted by molar-refractivity contribution is -0.135. The van der Waals surface area contributed by atoms with Crippen molar-refractivity contribution in [2.45, 2.75) is 37.3 Å². The van der Waals surface area contributed by atoms with E-state index in [4.69, 9.17) is 0 Å².